The minimum absolute atomic E-state index is 0.00532. The minimum atomic E-state index is -3.54. The normalized spacial score (nSPS) is 19.9. The van der Waals surface area contributed by atoms with E-state index in [2.05, 4.69) is 15.9 Å². The van der Waals surface area contributed by atoms with Crippen molar-refractivity contribution < 1.29 is 17.5 Å². The van der Waals surface area contributed by atoms with Gasteiger partial charge in [0, 0.05) is 0 Å². The second-order valence-electron chi connectivity index (χ2n) is 4.39. The first-order valence-corrected chi connectivity index (χ1v) is 8.22. The Bertz CT molecular complexity index is 610. The van der Waals surface area contributed by atoms with Crippen molar-refractivity contribution in [1.82, 2.24) is 0 Å². The summed E-state index contributed by atoms with van der Waals surface area (Å²) in [7, 11) is -2.20. The fraction of sp³-hybridized carbons (Fsp3) is 0.385. The molecule has 0 N–H and O–H groups in total. The molecule has 2 rings (SSSR count). The van der Waals surface area contributed by atoms with Crippen LogP contribution in [-0.2, 0) is 9.84 Å². The largest absolute Gasteiger partial charge is 0.494 e. The molecule has 0 fully saturated rings. The number of hydrogen-bond acceptors (Lipinski definition) is 3. The van der Waals surface area contributed by atoms with Crippen LogP contribution in [0.1, 0.15) is 19.3 Å². The maximum atomic E-state index is 13.6. The summed E-state index contributed by atoms with van der Waals surface area (Å²) in [6.45, 7) is 0. The monoisotopic (exact) mass is 348 g/mol. The summed E-state index contributed by atoms with van der Waals surface area (Å²) in [5, 5.41) is -0.594. The summed E-state index contributed by atoms with van der Waals surface area (Å²) in [4.78, 5) is -0.00532. The summed E-state index contributed by atoms with van der Waals surface area (Å²) < 4.78 is 44.1. The van der Waals surface area contributed by atoms with Gasteiger partial charge < -0.3 is 4.74 Å². The Morgan fingerprint density at radius 3 is 2.74 bits per heavy atom. The average molecular weight is 349 g/mol. The number of benzene rings is 1. The highest BCUT2D eigenvalue weighted by Crippen LogP contribution is 2.31. The van der Waals surface area contributed by atoms with Crippen LogP contribution in [0.25, 0.3) is 0 Å². The highest BCUT2D eigenvalue weighted by molar-refractivity contribution is 9.11. The number of hydrogen-bond donors (Lipinski definition) is 0. The lowest BCUT2D eigenvalue weighted by Gasteiger charge is -2.19. The van der Waals surface area contributed by atoms with Gasteiger partial charge in [-0.1, -0.05) is 22.0 Å². The Hall–Kier alpha value is -0.880. The minimum Gasteiger partial charge on any atom is -0.494 e. The van der Waals surface area contributed by atoms with Crippen molar-refractivity contribution in [1.29, 1.82) is 0 Å². The van der Waals surface area contributed by atoms with E-state index in [0.717, 1.165) is 23.4 Å². The quantitative estimate of drug-likeness (QED) is 0.840. The van der Waals surface area contributed by atoms with E-state index in [-0.39, 0.29) is 10.6 Å². The summed E-state index contributed by atoms with van der Waals surface area (Å²) in [6, 6.07) is 3.74. The Morgan fingerprint density at radius 1 is 1.42 bits per heavy atom. The molecule has 0 aliphatic heterocycles. The predicted molar refractivity (Wildman–Crippen MR) is 74.8 cm³/mol. The molecule has 0 saturated carbocycles. The molecule has 1 atom stereocenters. The summed E-state index contributed by atoms with van der Waals surface area (Å²) in [5.74, 6) is -0.623. The lowest BCUT2D eigenvalue weighted by Crippen LogP contribution is -2.21. The van der Waals surface area contributed by atoms with Crippen LogP contribution in [0.3, 0.4) is 0 Å². The molecule has 1 aromatic rings. The van der Waals surface area contributed by atoms with Gasteiger partial charge in [0.2, 0.25) is 0 Å². The fourth-order valence-electron chi connectivity index (χ4n) is 2.08. The molecular formula is C13H14BrFO3S. The number of sulfone groups is 1. The van der Waals surface area contributed by atoms with Gasteiger partial charge in [0.1, 0.15) is 0 Å². The third-order valence-corrected chi connectivity index (χ3v) is 5.86. The van der Waals surface area contributed by atoms with Crippen LogP contribution >= 0.6 is 15.9 Å². The van der Waals surface area contributed by atoms with Gasteiger partial charge in [-0.15, -0.1) is 0 Å². The third-order valence-electron chi connectivity index (χ3n) is 3.12. The molecule has 1 aromatic carbocycles. The van der Waals surface area contributed by atoms with Crippen LogP contribution in [-0.4, -0.2) is 20.8 Å². The molecule has 0 radical (unpaired) electrons. The number of rotatable bonds is 3. The summed E-state index contributed by atoms with van der Waals surface area (Å²) in [5.41, 5.74) is 0. The molecule has 6 heteroatoms. The van der Waals surface area contributed by atoms with Gasteiger partial charge in [-0.2, -0.15) is 0 Å². The Labute approximate surface area is 120 Å². The molecule has 3 nitrogen and oxygen atoms in total. The third kappa shape index (κ3) is 3.00. The molecule has 0 bridgehead atoms. The van der Waals surface area contributed by atoms with Gasteiger partial charge in [-0.05, 0) is 41.9 Å². The highest BCUT2D eigenvalue weighted by Gasteiger charge is 2.28. The zero-order valence-electron chi connectivity index (χ0n) is 10.4. The van der Waals surface area contributed by atoms with E-state index < -0.39 is 20.9 Å². The Morgan fingerprint density at radius 2 is 2.16 bits per heavy atom. The van der Waals surface area contributed by atoms with E-state index in [4.69, 9.17) is 4.74 Å². The highest BCUT2D eigenvalue weighted by atomic mass is 79.9. The van der Waals surface area contributed by atoms with E-state index in [0.29, 0.717) is 6.42 Å². The molecule has 1 aliphatic rings. The predicted octanol–water partition coefficient (Wildman–Crippen LogP) is 3.44. The van der Waals surface area contributed by atoms with Gasteiger partial charge in [-0.25, -0.2) is 12.8 Å². The van der Waals surface area contributed by atoms with Crippen molar-refractivity contribution in [2.24, 2.45) is 0 Å². The zero-order valence-corrected chi connectivity index (χ0v) is 12.8. The van der Waals surface area contributed by atoms with Gasteiger partial charge >= 0.3 is 0 Å². The molecule has 0 heterocycles. The van der Waals surface area contributed by atoms with E-state index in [1.807, 2.05) is 0 Å². The maximum Gasteiger partial charge on any atom is 0.184 e. The molecule has 0 amide bonds. The van der Waals surface area contributed by atoms with E-state index in [1.54, 1.807) is 6.08 Å². The van der Waals surface area contributed by atoms with Crippen LogP contribution in [0.4, 0.5) is 4.39 Å². The summed E-state index contributed by atoms with van der Waals surface area (Å²) in [6.07, 6.45) is 3.91. The van der Waals surface area contributed by atoms with Crippen LogP contribution in [0.15, 0.2) is 33.7 Å². The Balaban J connectivity index is 2.39. The maximum absolute atomic E-state index is 13.6. The molecule has 1 unspecified atom stereocenters. The van der Waals surface area contributed by atoms with Crippen LogP contribution in [0.5, 0.6) is 5.75 Å². The van der Waals surface area contributed by atoms with E-state index in [9.17, 15) is 12.8 Å². The van der Waals surface area contributed by atoms with E-state index >= 15 is 0 Å². The van der Waals surface area contributed by atoms with Crippen LogP contribution in [0.2, 0.25) is 0 Å². The van der Waals surface area contributed by atoms with Gasteiger partial charge in [0.15, 0.2) is 21.4 Å². The first-order chi connectivity index (χ1) is 8.95. The standard InChI is InChI=1S/C13H14BrFO3S/c1-18-13-6-5-11(8-12(13)15)19(16,17)10-4-2-3-9(14)7-10/h5-8,10H,2-4H2,1H3. The van der Waals surface area contributed by atoms with Gasteiger partial charge in [0.05, 0.1) is 17.3 Å². The number of allylic oxidation sites excluding steroid dienone is 1. The van der Waals surface area contributed by atoms with E-state index in [1.165, 1.54) is 19.2 Å². The van der Waals surface area contributed by atoms with Crippen molar-refractivity contribution in [3.63, 3.8) is 0 Å². The van der Waals surface area contributed by atoms with Crippen molar-refractivity contribution in [2.45, 2.75) is 29.4 Å². The molecule has 1 aliphatic carbocycles. The van der Waals surface area contributed by atoms with Crippen molar-refractivity contribution >= 4 is 25.8 Å². The lowest BCUT2D eigenvalue weighted by atomic mass is 10.1. The Kier molecular flexibility index (Phi) is 4.30. The van der Waals surface area contributed by atoms with Gasteiger partial charge in [-0.3, -0.25) is 0 Å². The molecule has 19 heavy (non-hydrogen) atoms. The molecule has 104 valence electrons. The second kappa shape index (κ2) is 5.63. The molecule has 0 spiro atoms. The van der Waals surface area contributed by atoms with Crippen molar-refractivity contribution in [3.8, 4) is 5.75 Å². The van der Waals surface area contributed by atoms with Crippen molar-refractivity contribution in [3.05, 3.63) is 34.6 Å². The SMILES string of the molecule is COc1ccc(S(=O)(=O)C2C=C(Br)CCC2)cc1F. The number of halogens is 2. The van der Waals surface area contributed by atoms with Crippen LogP contribution < -0.4 is 4.74 Å². The zero-order chi connectivity index (χ0) is 14.0. The topological polar surface area (TPSA) is 43.4 Å². The summed E-state index contributed by atoms with van der Waals surface area (Å²) >= 11 is 3.33. The molecule has 0 aromatic heterocycles. The molecule has 0 saturated heterocycles. The second-order valence-corrected chi connectivity index (χ2v) is 7.57. The average Bonchev–Trinajstić information content (AvgIpc) is 2.38. The number of methoxy groups -OCH3 is 1. The first-order valence-electron chi connectivity index (χ1n) is 5.89. The molecular weight excluding hydrogens is 335 g/mol. The lowest BCUT2D eigenvalue weighted by molar-refractivity contribution is 0.385. The van der Waals surface area contributed by atoms with Gasteiger partial charge in [0.25, 0.3) is 0 Å². The first kappa shape index (κ1) is 14.5. The van der Waals surface area contributed by atoms with Crippen molar-refractivity contribution in [2.75, 3.05) is 7.11 Å². The van der Waals surface area contributed by atoms with Crippen LogP contribution in [0, 0.1) is 5.82 Å². The smallest absolute Gasteiger partial charge is 0.184 e. The fourth-order valence-corrected chi connectivity index (χ4v) is 4.55. The number of ether oxygens (including phenoxy) is 1.